The van der Waals surface area contributed by atoms with Crippen LogP contribution >= 0.6 is 11.3 Å². The van der Waals surface area contributed by atoms with Gasteiger partial charge in [-0.3, -0.25) is 0 Å². The van der Waals surface area contributed by atoms with Crippen molar-refractivity contribution >= 4 is 49.5 Å². The summed E-state index contributed by atoms with van der Waals surface area (Å²) in [6.45, 7) is 1.85. The summed E-state index contributed by atoms with van der Waals surface area (Å²) in [4.78, 5) is 4.42. The molecule has 0 radical (unpaired) electrons. The van der Waals surface area contributed by atoms with Crippen molar-refractivity contribution in [3.05, 3.63) is 102 Å². The van der Waals surface area contributed by atoms with Crippen LogP contribution in [0.25, 0.3) is 26.1 Å². The van der Waals surface area contributed by atoms with E-state index >= 15 is 0 Å². The Balaban J connectivity index is 0.000000141. The number of aromatic nitrogens is 3. The van der Waals surface area contributed by atoms with E-state index in [0.29, 0.717) is 22.2 Å². The smallest absolute Gasteiger partial charge is 0.213 e. The van der Waals surface area contributed by atoms with Gasteiger partial charge in [0.05, 0.1) is 22.1 Å². The predicted molar refractivity (Wildman–Crippen MR) is 151 cm³/mol. The maximum Gasteiger partial charge on any atom is 0.213 e. The lowest BCUT2D eigenvalue weighted by Gasteiger charge is -2.06. The lowest BCUT2D eigenvalue weighted by atomic mass is 10.0. The molecule has 0 saturated carbocycles. The molecule has 2 heterocycles. The highest BCUT2D eigenvalue weighted by Crippen LogP contribution is 2.32. The van der Waals surface area contributed by atoms with E-state index in [1.165, 1.54) is 22.2 Å². The van der Waals surface area contributed by atoms with Crippen LogP contribution in [0.2, 0.25) is 0 Å². The van der Waals surface area contributed by atoms with Gasteiger partial charge in [0.1, 0.15) is 23.2 Å². The Morgan fingerprint density at radius 2 is 1.59 bits per heavy atom. The summed E-state index contributed by atoms with van der Waals surface area (Å²) < 4.78 is 2.55. The number of aryl methyl sites for hydroxylation is 1. The molecule has 0 amide bonds. The highest BCUT2D eigenvalue weighted by molar-refractivity contribution is 7.20. The van der Waals surface area contributed by atoms with Crippen LogP contribution in [0.1, 0.15) is 11.1 Å². The van der Waals surface area contributed by atoms with Crippen LogP contribution in [0.3, 0.4) is 0 Å². The van der Waals surface area contributed by atoms with Crippen molar-refractivity contribution < 1.29 is 5.11 Å². The minimum atomic E-state index is 0.193. The Bertz CT molecular complexity index is 1670. The molecule has 6 rings (SSSR count). The van der Waals surface area contributed by atoms with Gasteiger partial charge in [0.15, 0.2) is 0 Å². The molecule has 2 aromatic heterocycles. The van der Waals surface area contributed by atoms with Crippen molar-refractivity contribution in [2.75, 3.05) is 17.2 Å². The van der Waals surface area contributed by atoms with Gasteiger partial charge in [-0.2, -0.15) is 15.0 Å². The number of benzene rings is 4. The van der Waals surface area contributed by atoms with Gasteiger partial charge in [-0.1, -0.05) is 65.9 Å². The maximum atomic E-state index is 9.58. The maximum absolute atomic E-state index is 9.58. The second-order valence-corrected chi connectivity index (χ2v) is 9.03. The van der Waals surface area contributed by atoms with E-state index in [9.17, 15) is 5.11 Å². The molecular formula is C28H25N7OS. The largest absolute Gasteiger partial charge is 0.505 e. The fourth-order valence-corrected chi connectivity index (χ4v) is 4.45. The van der Waals surface area contributed by atoms with Crippen molar-refractivity contribution in [1.82, 2.24) is 14.8 Å². The van der Waals surface area contributed by atoms with Gasteiger partial charge in [-0.05, 0) is 48.2 Å². The van der Waals surface area contributed by atoms with Crippen LogP contribution in [-0.2, 0) is 0 Å². The molecule has 4 aromatic carbocycles. The zero-order chi connectivity index (χ0) is 26.4. The first-order chi connectivity index (χ1) is 17.9. The first-order valence-corrected chi connectivity index (χ1v) is 12.1. The van der Waals surface area contributed by atoms with Crippen molar-refractivity contribution in [3.63, 3.8) is 0 Å². The van der Waals surface area contributed by atoms with E-state index in [1.54, 1.807) is 0 Å². The third kappa shape index (κ3) is 5.61. The van der Waals surface area contributed by atoms with E-state index in [0.717, 1.165) is 32.2 Å². The summed E-state index contributed by atoms with van der Waals surface area (Å²) in [5, 5.41) is 25.1. The summed E-state index contributed by atoms with van der Waals surface area (Å²) in [7, 11) is 0. The van der Waals surface area contributed by atoms with E-state index < -0.39 is 0 Å². The molecule has 0 saturated heterocycles. The summed E-state index contributed by atoms with van der Waals surface area (Å²) in [5.74, 6) is 0.519. The number of anilines is 3. The van der Waals surface area contributed by atoms with Crippen LogP contribution in [0, 0.1) is 18.3 Å². The summed E-state index contributed by atoms with van der Waals surface area (Å²) >= 11 is 1.49. The molecule has 0 atom stereocenters. The second-order valence-electron chi connectivity index (χ2n) is 8.02. The molecule has 37 heavy (non-hydrogen) atoms. The Labute approximate surface area is 217 Å². The zero-order valence-electron chi connectivity index (χ0n) is 20.0. The van der Waals surface area contributed by atoms with E-state index in [4.69, 9.17) is 22.5 Å². The predicted octanol–water partition coefficient (Wildman–Crippen LogP) is 5.64. The third-order valence-corrected chi connectivity index (χ3v) is 6.45. The van der Waals surface area contributed by atoms with Gasteiger partial charge in [-0.15, -0.1) is 0 Å². The summed E-state index contributed by atoms with van der Waals surface area (Å²) in [5.41, 5.74) is 20.3. The number of nitrogens with zero attached hydrogens (tertiary/aromatic N) is 4. The third-order valence-electron chi connectivity index (χ3n) is 5.44. The lowest BCUT2D eigenvalue weighted by Crippen LogP contribution is -2.01. The van der Waals surface area contributed by atoms with Crippen molar-refractivity contribution in [2.45, 2.75) is 6.92 Å². The second kappa shape index (κ2) is 11.1. The number of phenolic OH excluding ortho intramolecular Hbond substituents is 1. The lowest BCUT2D eigenvalue weighted by molar-refractivity contribution is 0.474. The first-order valence-electron chi connectivity index (χ1n) is 11.3. The molecular weight excluding hydrogens is 482 g/mol. The molecule has 6 aromatic rings. The van der Waals surface area contributed by atoms with Crippen LogP contribution in [0.15, 0.2) is 91.1 Å². The molecule has 0 spiro atoms. The average molecular weight is 508 g/mol. The number of phenols is 1. The number of para-hydroxylation sites is 2. The highest BCUT2D eigenvalue weighted by Gasteiger charge is 2.12. The summed E-state index contributed by atoms with van der Waals surface area (Å²) in [6.07, 6.45) is 1.45. The van der Waals surface area contributed by atoms with Crippen LogP contribution in [-0.4, -0.2) is 19.9 Å². The van der Waals surface area contributed by atoms with Gasteiger partial charge in [0, 0.05) is 11.1 Å². The van der Waals surface area contributed by atoms with Crippen LogP contribution in [0.5, 0.6) is 5.75 Å². The van der Waals surface area contributed by atoms with Crippen molar-refractivity contribution in [3.8, 4) is 17.0 Å². The zero-order valence-corrected chi connectivity index (χ0v) is 20.9. The van der Waals surface area contributed by atoms with E-state index in [1.807, 2.05) is 97.9 Å². The number of nitrogens with two attached hydrogens (primary N) is 3. The Kier molecular flexibility index (Phi) is 7.52. The normalized spacial score (nSPS) is 10.2. The number of nitrogen functional groups attached to an aromatic ring is 3. The topological polar surface area (TPSA) is 153 Å². The molecule has 0 aliphatic rings. The number of rotatable bonds is 1. The minimum Gasteiger partial charge on any atom is -0.505 e. The number of aromatic hydroxyl groups is 1. The first kappa shape index (κ1) is 25.0. The molecule has 184 valence electrons. The Hall–Kier alpha value is -5.07. The van der Waals surface area contributed by atoms with Gasteiger partial charge in [0.25, 0.3) is 0 Å². The van der Waals surface area contributed by atoms with E-state index in [2.05, 4.69) is 10.1 Å². The molecule has 0 unspecified atom stereocenters. The molecule has 0 aliphatic carbocycles. The van der Waals surface area contributed by atoms with Gasteiger partial charge >= 0.3 is 0 Å². The van der Waals surface area contributed by atoms with Gasteiger partial charge < -0.3 is 22.3 Å². The van der Waals surface area contributed by atoms with E-state index in [-0.39, 0.29) is 5.75 Å². The number of hydrogen-bond donors (Lipinski definition) is 4. The molecule has 7 N–H and O–H groups in total. The van der Waals surface area contributed by atoms with Gasteiger partial charge in [0.2, 0.25) is 5.13 Å². The Morgan fingerprint density at radius 3 is 2.24 bits per heavy atom. The highest BCUT2D eigenvalue weighted by atomic mass is 32.1. The van der Waals surface area contributed by atoms with Crippen LogP contribution < -0.4 is 17.2 Å². The van der Waals surface area contributed by atoms with Crippen molar-refractivity contribution in [2.24, 2.45) is 0 Å². The average Bonchev–Trinajstić information content (AvgIpc) is 3.51. The van der Waals surface area contributed by atoms with Crippen LogP contribution in [0.4, 0.5) is 17.2 Å². The van der Waals surface area contributed by atoms with Gasteiger partial charge in [-0.25, -0.2) is 4.98 Å². The quantitative estimate of drug-likeness (QED) is 0.166. The Morgan fingerprint density at radius 1 is 0.919 bits per heavy atom. The molecule has 0 aliphatic heterocycles. The minimum absolute atomic E-state index is 0.193. The number of fused-ring (bicyclic) bond motifs is 2. The fourth-order valence-electron chi connectivity index (χ4n) is 3.51. The fraction of sp³-hybridized carbons (Fsp3) is 0.0357. The number of nitriles is 1. The molecule has 8 nitrogen and oxygen atoms in total. The SMILES string of the molecule is Cc1cc2ccccc2c(N)c1O.N#Cc1cnn(-c2nc3ccccc3s2)c1N.Nc1ccccc1. The molecule has 9 heteroatoms. The number of thiazole rings is 1. The molecule has 0 bridgehead atoms. The standard InChI is InChI=1S/C11H7N5S.C11H11NO.C6H7N/c12-5-7-6-14-16(10(7)13)11-15-8-3-1-2-4-9(8)17-11;1-7-6-8-4-2-3-5-9(8)10(12)11(7)13;7-6-4-2-1-3-5-6/h1-4,6H,13H2;2-6,13H,12H2,1H3;1-5H,7H2. The number of hydrogen-bond acceptors (Lipinski definition) is 8. The summed E-state index contributed by atoms with van der Waals surface area (Å²) in [6, 6.07) is 29.0. The monoisotopic (exact) mass is 507 g/mol. The molecule has 0 fully saturated rings. The van der Waals surface area contributed by atoms with Crippen molar-refractivity contribution in [1.29, 1.82) is 5.26 Å².